The van der Waals surface area contributed by atoms with Gasteiger partial charge in [0.05, 0.1) is 31.0 Å². The molecular formula is C26H27FN4O5. The molecule has 0 fully saturated rings. The van der Waals surface area contributed by atoms with Crippen molar-refractivity contribution in [2.24, 2.45) is 0 Å². The average Bonchev–Trinajstić information content (AvgIpc) is 3.20. The van der Waals surface area contributed by atoms with Crippen molar-refractivity contribution in [3.63, 3.8) is 0 Å². The quantitative estimate of drug-likeness (QED) is 0.399. The maximum atomic E-state index is 12.8. The average molecular weight is 495 g/mol. The van der Waals surface area contributed by atoms with Crippen LogP contribution in [0, 0.1) is 0 Å². The van der Waals surface area contributed by atoms with Crippen molar-refractivity contribution in [2.45, 2.75) is 20.3 Å². The molecule has 1 aromatic heterocycles. The normalized spacial score (nSPS) is 12.3. The van der Waals surface area contributed by atoms with Crippen LogP contribution in [-0.4, -0.2) is 55.0 Å². The van der Waals surface area contributed by atoms with Crippen molar-refractivity contribution in [1.29, 1.82) is 0 Å². The molecule has 36 heavy (non-hydrogen) atoms. The summed E-state index contributed by atoms with van der Waals surface area (Å²) in [6, 6.07) is 12.2. The molecule has 0 spiro atoms. The van der Waals surface area contributed by atoms with Crippen molar-refractivity contribution in [2.75, 3.05) is 43.4 Å². The number of carbonyl (C=O) groups excluding carboxylic acids is 2. The minimum Gasteiger partial charge on any atom is -0.492 e. The number of amides is 1. The standard InChI is InChI=1S/C26H27FN4O5/c1-3-34-25-18(8-6-9-19(25)26(33)35-4-2)20-14-22(30-16-29-20)28-11-12-31-23(32)13-17-7-5-10-21(24(17)31)36-15-27/h5-10,14,16H,3-4,11-13,15H2,1-2H3,(H,28,29,30). The van der Waals surface area contributed by atoms with Gasteiger partial charge in [0.25, 0.3) is 0 Å². The Hall–Kier alpha value is -4.21. The lowest BCUT2D eigenvalue weighted by Gasteiger charge is -2.20. The highest BCUT2D eigenvalue weighted by molar-refractivity contribution is 6.03. The molecule has 0 bridgehead atoms. The van der Waals surface area contributed by atoms with E-state index >= 15 is 0 Å². The third kappa shape index (κ3) is 5.22. The van der Waals surface area contributed by atoms with E-state index in [2.05, 4.69) is 15.3 Å². The van der Waals surface area contributed by atoms with Gasteiger partial charge in [0.2, 0.25) is 12.8 Å². The number of benzene rings is 2. The van der Waals surface area contributed by atoms with Crippen LogP contribution in [-0.2, 0) is 16.0 Å². The molecule has 2 aromatic carbocycles. The van der Waals surface area contributed by atoms with Gasteiger partial charge in [0.1, 0.15) is 29.2 Å². The molecule has 1 N–H and O–H groups in total. The first kappa shape index (κ1) is 24.9. The smallest absolute Gasteiger partial charge is 0.341 e. The maximum absolute atomic E-state index is 12.8. The summed E-state index contributed by atoms with van der Waals surface area (Å²) in [5, 5.41) is 3.20. The number of halogens is 1. The van der Waals surface area contributed by atoms with E-state index in [0.29, 0.717) is 59.5 Å². The van der Waals surface area contributed by atoms with Gasteiger partial charge in [-0.05, 0) is 37.6 Å². The van der Waals surface area contributed by atoms with Crippen LogP contribution in [0.5, 0.6) is 11.5 Å². The van der Waals surface area contributed by atoms with Crippen LogP contribution >= 0.6 is 0 Å². The largest absolute Gasteiger partial charge is 0.492 e. The maximum Gasteiger partial charge on any atom is 0.341 e. The molecule has 3 aromatic rings. The van der Waals surface area contributed by atoms with Gasteiger partial charge in [0.15, 0.2) is 0 Å². The van der Waals surface area contributed by atoms with Crippen molar-refractivity contribution in [3.05, 3.63) is 59.9 Å². The summed E-state index contributed by atoms with van der Waals surface area (Å²) in [4.78, 5) is 35.2. The Morgan fingerprint density at radius 3 is 2.72 bits per heavy atom. The fraction of sp³-hybridized carbons (Fsp3) is 0.308. The minimum absolute atomic E-state index is 0.0813. The second-order valence-corrected chi connectivity index (χ2v) is 7.79. The van der Waals surface area contributed by atoms with Crippen molar-refractivity contribution < 1.29 is 28.2 Å². The highest BCUT2D eigenvalue weighted by atomic mass is 19.1. The van der Waals surface area contributed by atoms with Crippen LogP contribution < -0.4 is 19.7 Å². The number of esters is 1. The number of carbonyl (C=O) groups is 2. The number of rotatable bonds is 11. The van der Waals surface area contributed by atoms with E-state index in [9.17, 15) is 14.0 Å². The van der Waals surface area contributed by atoms with Crippen molar-refractivity contribution >= 4 is 23.4 Å². The first-order valence-electron chi connectivity index (χ1n) is 11.7. The molecule has 0 unspecified atom stereocenters. The summed E-state index contributed by atoms with van der Waals surface area (Å²) < 4.78 is 28.9. The fourth-order valence-electron chi connectivity index (χ4n) is 4.12. The lowest BCUT2D eigenvalue weighted by molar-refractivity contribution is -0.117. The number of fused-ring (bicyclic) bond motifs is 1. The Kier molecular flexibility index (Phi) is 7.94. The van der Waals surface area contributed by atoms with E-state index in [-0.39, 0.29) is 18.9 Å². The number of alkyl halides is 1. The van der Waals surface area contributed by atoms with E-state index in [0.717, 1.165) is 5.56 Å². The van der Waals surface area contributed by atoms with Crippen LogP contribution in [0.1, 0.15) is 29.8 Å². The highest BCUT2D eigenvalue weighted by Crippen LogP contribution is 2.38. The summed E-state index contributed by atoms with van der Waals surface area (Å²) >= 11 is 0. The van der Waals surface area contributed by atoms with E-state index in [1.54, 1.807) is 42.2 Å². The summed E-state index contributed by atoms with van der Waals surface area (Å²) in [7, 11) is 0. The van der Waals surface area contributed by atoms with Crippen LogP contribution in [0.15, 0.2) is 48.8 Å². The second kappa shape index (κ2) is 11.5. The summed E-state index contributed by atoms with van der Waals surface area (Å²) in [5.41, 5.74) is 2.91. The molecule has 9 nitrogen and oxygen atoms in total. The number of aromatic nitrogens is 2. The third-order valence-electron chi connectivity index (χ3n) is 5.59. The molecule has 1 amide bonds. The highest BCUT2D eigenvalue weighted by Gasteiger charge is 2.30. The second-order valence-electron chi connectivity index (χ2n) is 7.79. The van der Waals surface area contributed by atoms with Crippen LogP contribution in [0.2, 0.25) is 0 Å². The molecule has 0 radical (unpaired) electrons. The predicted octanol–water partition coefficient (Wildman–Crippen LogP) is 4.03. The van der Waals surface area contributed by atoms with Crippen LogP contribution in [0.3, 0.4) is 0 Å². The summed E-state index contributed by atoms with van der Waals surface area (Å²) in [6.07, 6.45) is 1.65. The van der Waals surface area contributed by atoms with E-state index in [1.165, 1.54) is 6.33 Å². The number of nitrogens with zero attached hydrogens (tertiary/aromatic N) is 3. The molecule has 1 aliphatic heterocycles. The molecule has 2 heterocycles. The molecule has 1 aliphatic rings. The van der Waals surface area contributed by atoms with E-state index < -0.39 is 12.8 Å². The minimum atomic E-state index is -0.971. The SMILES string of the molecule is CCOC(=O)c1cccc(-c2cc(NCCN3C(=O)Cc4cccc(OCF)c43)ncn2)c1OCC. The van der Waals surface area contributed by atoms with Gasteiger partial charge in [-0.2, -0.15) is 0 Å². The molecule has 0 aliphatic carbocycles. The zero-order chi connectivity index (χ0) is 25.5. The van der Waals surface area contributed by atoms with E-state index in [4.69, 9.17) is 14.2 Å². The van der Waals surface area contributed by atoms with Gasteiger partial charge in [-0.15, -0.1) is 0 Å². The molecule has 0 saturated heterocycles. The van der Waals surface area contributed by atoms with Gasteiger partial charge in [-0.25, -0.2) is 19.2 Å². The zero-order valence-electron chi connectivity index (χ0n) is 20.1. The Morgan fingerprint density at radius 1 is 1.11 bits per heavy atom. The zero-order valence-corrected chi connectivity index (χ0v) is 20.1. The first-order valence-corrected chi connectivity index (χ1v) is 11.7. The van der Waals surface area contributed by atoms with Gasteiger partial charge >= 0.3 is 5.97 Å². The van der Waals surface area contributed by atoms with Crippen molar-refractivity contribution in [3.8, 4) is 22.8 Å². The Morgan fingerprint density at radius 2 is 1.94 bits per heavy atom. The van der Waals surface area contributed by atoms with E-state index in [1.807, 2.05) is 19.1 Å². The fourth-order valence-corrected chi connectivity index (χ4v) is 4.12. The Balaban J connectivity index is 1.52. The molecule has 10 heteroatoms. The summed E-state index contributed by atoms with van der Waals surface area (Å²) in [6.45, 7) is 3.93. The number of ether oxygens (including phenoxy) is 3. The summed E-state index contributed by atoms with van der Waals surface area (Å²) in [5.74, 6) is 0.714. The van der Waals surface area contributed by atoms with Gasteiger partial charge in [-0.3, -0.25) is 4.79 Å². The van der Waals surface area contributed by atoms with Gasteiger partial charge < -0.3 is 24.4 Å². The van der Waals surface area contributed by atoms with Crippen molar-refractivity contribution in [1.82, 2.24) is 9.97 Å². The lowest BCUT2D eigenvalue weighted by atomic mass is 10.1. The molecule has 4 rings (SSSR count). The molecule has 0 atom stereocenters. The monoisotopic (exact) mass is 494 g/mol. The number of hydrogen-bond donors (Lipinski definition) is 1. The number of nitrogens with one attached hydrogen (secondary N) is 1. The first-order chi connectivity index (χ1) is 17.6. The van der Waals surface area contributed by atoms with Gasteiger partial charge in [-0.1, -0.05) is 18.2 Å². The number of anilines is 2. The predicted molar refractivity (Wildman–Crippen MR) is 132 cm³/mol. The van der Waals surface area contributed by atoms with Gasteiger partial charge in [0, 0.05) is 24.7 Å². The van der Waals surface area contributed by atoms with Crippen LogP contribution in [0.25, 0.3) is 11.3 Å². The number of para-hydroxylation sites is 2. The molecule has 0 saturated carbocycles. The molecular weight excluding hydrogens is 467 g/mol. The third-order valence-corrected chi connectivity index (χ3v) is 5.59. The number of hydrogen-bond acceptors (Lipinski definition) is 8. The Bertz CT molecular complexity index is 1250. The lowest BCUT2D eigenvalue weighted by Crippen LogP contribution is -2.32. The topological polar surface area (TPSA) is 103 Å². The van der Waals surface area contributed by atoms with Crippen LogP contribution in [0.4, 0.5) is 15.9 Å². The Labute approximate surface area is 208 Å². The molecule has 188 valence electrons.